The maximum absolute atomic E-state index is 6.50. The van der Waals surface area contributed by atoms with Crippen LogP contribution in [0.1, 0.15) is 28.3 Å². The first-order valence-electron chi connectivity index (χ1n) is 6.74. The number of nitrogens with two attached hydrogens (primary N) is 1. The van der Waals surface area contributed by atoms with E-state index in [0.717, 1.165) is 12.2 Å². The van der Waals surface area contributed by atoms with E-state index < -0.39 is 0 Å². The van der Waals surface area contributed by atoms with Gasteiger partial charge in [-0.15, -0.1) is 11.3 Å². The van der Waals surface area contributed by atoms with E-state index in [1.807, 2.05) is 0 Å². The lowest BCUT2D eigenvalue weighted by Gasteiger charge is -2.14. The fourth-order valence-electron chi connectivity index (χ4n) is 2.83. The maximum atomic E-state index is 6.50. The van der Waals surface area contributed by atoms with E-state index in [1.54, 1.807) is 11.3 Å². The van der Waals surface area contributed by atoms with Crippen molar-refractivity contribution in [3.8, 4) is 0 Å². The van der Waals surface area contributed by atoms with Crippen molar-refractivity contribution in [3.05, 3.63) is 70.1 Å². The second-order valence-electron chi connectivity index (χ2n) is 5.18. The summed E-state index contributed by atoms with van der Waals surface area (Å²) in [4.78, 5) is 0. The summed E-state index contributed by atoms with van der Waals surface area (Å²) in [5.74, 6) is 0. The van der Waals surface area contributed by atoms with Crippen LogP contribution in [0.2, 0.25) is 0 Å². The SMILES string of the molecule is NC(c1ccc2c(c1)COC2)c1cccc2ccsc12. The normalized spacial score (nSPS) is 15.4. The molecule has 100 valence electrons. The predicted octanol–water partition coefficient (Wildman–Crippen LogP) is 3.98. The van der Waals surface area contributed by atoms with E-state index in [-0.39, 0.29) is 6.04 Å². The lowest BCUT2D eigenvalue weighted by atomic mass is 9.96. The zero-order valence-electron chi connectivity index (χ0n) is 11.0. The van der Waals surface area contributed by atoms with Gasteiger partial charge in [0.15, 0.2) is 0 Å². The van der Waals surface area contributed by atoms with Crippen LogP contribution < -0.4 is 5.73 Å². The Labute approximate surface area is 121 Å². The first kappa shape index (κ1) is 12.1. The van der Waals surface area contributed by atoms with Crippen molar-refractivity contribution in [1.82, 2.24) is 0 Å². The van der Waals surface area contributed by atoms with Gasteiger partial charge in [-0.05, 0) is 39.1 Å². The minimum absolute atomic E-state index is 0.0803. The van der Waals surface area contributed by atoms with Crippen molar-refractivity contribution in [3.63, 3.8) is 0 Å². The monoisotopic (exact) mass is 281 g/mol. The minimum Gasteiger partial charge on any atom is -0.372 e. The second-order valence-corrected chi connectivity index (χ2v) is 6.10. The molecule has 1 atom stereocenters. The van der Waals surface area contributed by atoms with Gasteiger partial charge in [-0.3, -0.25) is 0 Å². The predicted molar refractivity (Wildman–Crippen MR) is 82.8 cm³/mol. The summed E-state index contributed by atoms with van der Waals surface area (Å²) < 4.78 is 6.76. The Morgan fingerprint density at radius 1 is 1.05 bits per heavy atom. The molecule has 0 bridgehead atoms. The third kappa shape index (κ3) is 1.86. The van der Waals surface area contributed by atoms with Crippen molar-refractivity contribution in [2.24, 2.45) is 5.73 Å². The van der Waals surface area contributed by atoms with Crippen LogP contribution in [0, 0.1) is 0 Å². The quantitative estimate of drug-likeness (QED) is 0.771. The summed E-state index contributed by atoms with van der Waals surface area (Å²) in [6, 6.07) is 14.9. The molecule has 3 aromatic rings. The Hall–Kier alpha value is -1.68. The summed E-state index contributed by atoms with van der Waals surface area (Å²) in [6.45, 7) is 1.43. The molecule has 1 aliphatic heterocycles. The van der Waals surface area contributed by atoms with Crippen molar-refractivity contribution in [2.45, 2.75) is 19.3 Å². The number of thiophene rings is 1. The van der Waals surface area contributed by atoms with Crippen LogP contribution in [-0.4, -0.2) is 0 Å². The first-order chi connectivity index (χ1) is 9.83. The van der Waals surface area contributed by atoms with E-state index >= 15 is 0 Å². The Bertz CT molecular complexity index is 778. The van der Waals surface area contributed by atoms with Crippen LogP contribution in [0.25, 0.3) is 10.1 Å². The van der Waals surface area contributed by atoms with Gasteiger partial charge in [-0.25, -0.2) is 0 Å². The number of ether oxygens (including phenoxy) is 1. The third-order valence-electron chi connectivity index (χ3n) is 3.95. The minimum atomic E-state index is -0.0803. The van der Waals surface area contributed by atoms with Crippen molar-refractivity contribution in [1.29, 1.82) is 0 Å². The molecule has 0 saturated carbocycles. The number of rotatable bonds is 2. The van der Waals surface area contributed by atoms with E-state index in [9.17, 15) is 0 Å². The molecule has 20 heavy (non-hydrogen) atoms. The van der Waals surface area contributed by atoms with Gasteiger partial charge in [-0.2, -0.15) is 0 Å². The fourth-order valence-corrected chi connectivity index (χ4v) is 3.78. The molecular weight excluding hydrogens is 266 g/mol. The molecule has 1 unspecified atom stereocenters. The van der Waals surface area contributed by atoms with Gasteiger partial charge in [-0.1, -0.05) is 36.4 Å². The van der Waals surface area contributed by atoms with Gasteiger partial charge in [0, 0.05) is 4.70 Å². The van der Waals surface area contributed by atoms with Crippen LogP contribution in [0.4, 0.5) is 0 Å². The summed E-state index contributed by atoms with van der Waals surface area (Å²) in [5, 5.41) is 3.39. The van der Waals surface area contributed by atoms with Crippen molar-refractivity contribution < 1.29 is 4.74 Å². The molecule has 0 fully saturated rings. The number of benzene rings is 2. The average Bonchev–Trinajstić information content (AvgIpc) is 3.13. The molecule has 0 spiro atoms. The van der Waals surface area contributed by atoms with Gasteiger partial charge in [0.2, 0.25) is 0 Å². The highest BCUT2D eigenvalue weighted by atomic mass is 32.1. The number of fused-ring (bicyclic) bond motifs is 2. The van der Waals surface area contributed by atoms with Gasteiger partial charge in [0.05, 0.1) is 19.3 Å². The summed E-state index contributed by atoms with van der Waals surface area (Å²) >= 11 is 1.76. The van der Waals surface area contributed by atoms with Crippen LogP contribution in [-0.2, 0) is 18.0 Å². The standard InChI is InChI=1S/C17H15NOS/c18-16(12-4-5-13-9-19-10-14(13)8-12)15-3-1-2-11-6-7-20-17(11)15/h1-8,16H,9-10,18H2. The highest BCUT2D eigenvalue weighted by Gasteiger charge is 2.17. The molecule has 3 heteroatoms. The van der Waals surface area contributed by atoms with Crippen LogP contribution >= 0.6 is 11.3 Å². The molecular formula is C17H15NOS. The van der Waals surface area contributed by atoms with Crippen LogP contribution in [0.15, 0.2) is 47.8 Å². The smallest absolute Gasteiger partial charge is 0.0725 e. The van der Waals surface area contributed by atoms with E-state index in [2.05, 4.69) is 47.8 Å². The molecule has 0 saturated heterocycles. The first-order valence-corrected chi connectivity index (χ1v) is 7.62. The molecule has 2 nitrogen and oxygen atoms in total. The largest absolute Gasteiger partial charge is 0.372 e. The molecule has 0 amide bonds. The Kier molecular flexibility index (Phi) is 2.84. The highest BCUT2D eigenvalue weighted by Crippen LogP contribution is 2.32. The molecule has 0 aliphatic carbocycles. The molecule has 1 aromatic heterocycles. The molecule has 0 radical (unpaired) electrons. The van der Waals surface area contributed by atoms with Gasteiger partial charge < -0.3 is 10.5 Å². The molecule has 2 N–H and O–H groups in total. The summed E-state index contributed by atoms with van der Waals surface area (Å²) in [5.41, 5.74) is 11.4. The highest BCUT2D eigenvalue weighted by molar-refractivity contribution is 7.17. The fraction of sp³-hybridized carbons (Fsp3) is 0.176. The molecule has 2 heterocycles. The molecule has 4 rings (SSSR count). The number of hydrogen-bond acceptors (Lipinski definition) is 3. The van der Waals surface area contributed by atoms with Gasteiger partial charge in [0.1, 0.15) is 0 Å². The van der Waals surface area contributed by atoms with Gasteiger partial charge >= 0.3 is 0 Å². The van der Waals surface area contributed by atoms with Crippen LogP contribution in [0.3, 0.4) is 0 Å². The van der Waals surface area contributed by atoms with Crippen molar-refractivity contribution in [2.75, 3.05) is 0 Å². The Morgan fingerprint density at radius 2 is 1.95 bits per heavy atom. The third-order valence-corrected chi connectivity index (χ3v) is 4.93. The molecule has 1 aliphatic rings. The molecule has 2 aromatic carbocycles. The van der Waals surface area contributed by atoms with Gasteiger partial charge in [0.25, 0.3) is 0 Å². The van der Waals surface area contributed by atoms with E-state index in [1.165, 1.54) is 26.8 Å². The maximum Gasteiger partial charge on any atom is 0.0725 e. The zero-order valence-corrected chi connectivity index (χ0v) is 11.8. The lowest BCUT2D eigenvalue weighted by Crippen LogP contribution is -2.12. The van der Waals surface area contributed by atoms with E-state index in [4.69, 9.17) is 10.5 Å². The lowest BCUT2D eigenvalue weighted by molar-refractivity contribution is 0.134. The number of hydrogen-bond donors (Lipinski definition) is 1. The Balaban J connectivity index is 1.80. The van der Waals surface area contributed by atoms with Crippen molar-refractivity contribution >= 4 is 21.4 Å². The van der Waals surface area contributed by atoms with E-state index in [0.29, 0.717) is 6.61 Å². The average molecular weight is 281 g/mol. The van der Waals surface area contributed by atoms with Crippen LogP contribution in [0.5, 0.6) is 0 Å². The summed E-state index contributed by atoms with van der Waals surface area (Å²) in [7, 11) is 0. The summed E-state index contributed by atoms with van der Waals surface area (Å²) in [6.07, 6.45) is 0. The zero-order chi connectivity index (χ0) is 13.5. The second kappa shape index (κ2) is 4.70. The topological polar surface area (TPSA) is 35.2 Å². The Morgan fingerprint density at radius 3 is 2.90 bits per heavy atom.